The van der Waals surface area contributed by atoms with E-state index in [4.69, 9.17) is 9.47 Å². The van der Waals surface area contributed by atoms with Gasteiger partial charge in [-0.3, -0.25) is 5.32 Å². The molecule has 0 spiro atoms. The van der Waals surface area contributed by atoms with Crippen molar-refractivity contribution in [3.05, 3.63) is 48.3 Å². The minimum atomic E-state index is -0.510. The van der Waals surface area contributed by atoms with Gasteiger partial charge in [0.15, 0.2) is 0 Å². The Labute approximate surface area is 197 Å². The highest BCUT2D eigenvalue weighted by Gasteiger charge is 2.16. The van der Waals surface area contributed by atoms with Crippen molar-refractivity contribution >= 4 is 34.5 Å². The minimum Gasteiger partial charge on any atom is -0.453 e. The van der Waals surface area contributed by atoms with Crippen LogP contribution in [0.4, 0.5) is 21.2 Å². The molecule has 0 saturated carbocycles. The third-order valence-corrected chi connectivity index (χ3v) is 5.57. The summed E-state index contributed by atoms with van der Waals surface area (Å²) in [5.74, 6) is 1.32. The Bertz CT molecular complexity index is 1180. The number of rotatable bonds is 6. The molecular formula is C24H28N6O4. The largest absolute Gasteiger partial charge is 0.453 e. The molecular weight excluding hydrogens is 436 g/mol. The molecule has 1 aromatic carbocycles. The maximum absolute atomic E-state index is 12.1. The van der Waals surface area contributed by atoms with Crippen LogP contribution < -0.4 is 20.9 Å². The Morgan fingerprint density at radius 1 is 1.09 bits per heavy atom. The van der Waals surface area contributed by atoms with Crippen LogP contribution in [0.2, 0.25) is 0 Å². The van der Waals surface area contributed by atoms with E-state index in [-0.39, 0.29) is 12.6 Å². The van der Waals surface area contributed by atoms with Crippen LogP contribution in [-0.4, -0.2) is 62.1 Å². The number of morpholine rings is 1. The average molecular weight is 465 g/mol. The predicted molar refractivity (Wildman–Crippen MR) is 130 cm³/mol. The number of anilines is 2. The van der Waals surface area contributed by atoms with Gasteiger partial charge in [-0.05, 0) is 47.2 Å². The topological polar surface area (TPSA) is 118 Å². The molecule has 0 bridgehead atoms. The summed E-state index contributed by atoms with van der Waals surface area (Å²) in [7, 11) is 1.33. The number of nitrogens with zero attached hydrogens (tertiary/aromatic N) is 3. The number of alkyl carbamates (subject to hydrolysis) is 1. The van der Waals surface area contributed by atoms with Crippen LogP contribution in [0.25, 0.3) is 21.9 Å². The van der Waals surface area contributed by atoms with Gasteiger partial charge in [0.1, 0.15) is 11.6 Å². The molecule has 2 aromatic heterocycles. The van der Waals surface area contributed by atoms with Crippen molar-refractivity contribution in [3.63, 3.8) is 0 Å². The van der Waals surface area contributed by atoms with E-state index in [1.165, 1.54) is 7.11 Å². The molecule has 0 atom stereocenters. The molecule has 0 radical (unpaired) electrons. The number of methoxy groups -OCH3 is 1. The molecule has 4 rings (SSSR count). The minimum absolute atomic E-state index is 0.281. The van der Waals surface area contributed by atoms with E-state index in [0.717, 1.165) is 46.4 Å². The Hall–Kier alpha value is -3.92. The lowest BCUT2D eigenvalue weighted by Gasteiger charge is -2.28. The standard InChI is InChI=1S/C24H28N6O4/c1-3-25-23(31)29-21-13-19-18(5-4-17(20(19)15-27-21)14-28-24(32)33-2)16-6-7-26-22(12-16)30-8-10-34-11-9-30/h4-7,12-13,15H,3,8-11,14H2,1-2H3,(H,28,32)(H2,25,27,29,31). The second-order valence-electron chi connectivity index (χ2n) is 7.72. The maximum Gasteiger partial charge on any atom is 0.407 e. The molecule has 10 nitrogen and oxygen atoms in total. The number of benzene rings is 1. The van der Waals surface area contributed by atoms with Gasteiger partial charge in [0.05, 0.1) is 20.3 Å². The summed E-state index contributed by atoms with van der Waals surface area (Å²) in [6.07, 6.45) is 3.00. The van der Waals surface area contributed by atoms with Gasteiger partial charge >= 0.3 is 12.1 Å². The van der Waals surface area contributed by atoms with E-state index in [1.807, 2.05) is 31.2 Å². The number of pyridine rings is 2. The normalized spacial score (nSPS) is 13.4. The van der Waals surface area contributed by atoms with Crippen molar-refractivity contribution in [2.45, 2.75) is 13.5 Å². The van der Waals surface area contributed by atoms with Gasteiger partial charge in [0.2, 0.25) is 0 Å². The molecule has 1 aliphatic rings. The van der Waals surface area contributed by atoms with E-state index >= 15 is 0 Å². The summed E-state index contributed by atoms with van der Waals surface area (Å²) < 4.78 is 10.2. The zero-order valence-electron chi connectivity index (χ0n) is 19.3. The molecule has 3 N–H and O–H groups in total. The zero-order chi connectivity index (χ0) is 23.9. The van der Waals surface area contributed by atoms with Crippen LogP contribution in [0.5, 0.6) is 0 Å². The molecule has 1 saturated heterocycles. The number of carbonyl (C=O) groups is 2. The van der Waals surface area contributed by atoms with Gasteiger partial charge in [-0.15, -0.1) is 0 Å². The highest BCUT2D eigenvalue weighted by Crippen LogP contribution is 2.33. The highest BCUT2D eigenvalue weighted by atomic mass is 16.5. The average Bonchev–Trinajstić information content (AvgIpc) is 2.87. The molecule has 3 aromatic rings. The molecule has 0 aliphatic carbocycles. The van der Waals surface area contributed by atoms with Gasteiger partial charge in [-0.1, -0.05) is 12.1 Å². The summed E-state index contributed by atoms with van der Waals surface area (Å²) in [5.41, 5.74) is 2.84. The summed E-state index contributed by atoms with van der Waals surface area (Å²) in [6, 6.07) is 9.51. The van der Waals surface area contributed by atoms with E-state index in [2.05, 4.69) is 36.9 Å². The van der Waals surface area contributed by atoms with Gasteiger partial charge in [-0.2, -0.15) is 0 Å². The fraction of sp³-hybridized carbons (Fsp3) is 0.333. The molecule has 0 unspecified atom stereocenters. The van der Waals surface area contributed by atoms with E-state index in [0.29, 0.717) is 25.6 Å². The molecule has 1 fully saturated rings. The van der Waals surface area contributed by atoms with Gasteiger partial charge in [0.25, 0.3) is 0 Å². The number of aromatic nitrogens is 2. The summed E-state index contributed by atoms with van der Waals surface area (Å²) in [5, 5.41) is 9.95. The van der Waals surface area contributed by atoms with E-state index in [9.17, 15) is 9.59 Å². The molecule has 3 heterocycles. The van der Waals surface area contributed by atoms with Gasteiger partial charge in [0, 0.05) is 44.0 Å². The quantitative estimate of drug-likeness (QED) is 0.513. The summed E-state index contributed by atoms with van der Waals surface area (Å²) in [4.78, 5) is 34.8. The van der Waals surface area contributed by atoms with Crippen LogP contribution in [0.3, 0.4) is 0 Å². The number of carbonyl (C=O) groups excluding carboxylic acids is 2. The predicted octanol–water partition coefficient (Wildman–Crippen LogP) is 3.13. The Morgan fingerprint density at radius 2 is 1.91 bits per heavy atom. The van der Waals surface area contributed by atoms with Crippen molar-refractivity contribution < 1.29 is 19.1 Å². The first-order valence-electron chi connectivity index (χ1n) is 11.2. The SMILES string of the molecule is CCNC(=O)Nc1cc2c(-c3ccnc(N4CCOCC4)c3)ccc(CNC(=O)OC)c2cn1. The highest BCUT2D eigenvalue weighted by molar-refractivity contribution is 6.01. The second-order valence-corrected chi connectivity index (χ2v) is 7.72. The summed E-state index contributed by atoms with van der Waals surface area (Å²) in [6.45, 7) is 5.58. The van der Waals surface area contributed by atoms with E-state index < -0.39 is 6.09 Å². The molecule has 10 heteroatoms. The zero-order valence-corrected chi connectivity index (χ0v) is 19.3. The first-order valence-corrected chi connectivity index (χ1v) is 11.2. The number of hydrogen-bond acceptors (Lipinski definition) is 7. The third kappa shape index (κ3) is 5.34. The van der Waals surface area contributed by atoms with Crippen LogP contribution in [0.15, 0.2) is 42.7 Å². The van der Waals surface area contributed by atoms with Gasteiger partial charge in [-0.25, -0.2) is 19.6 Å². The molecule has 178 valence electrons. The maximum atomic E-state index is 12.1. The van der Waals surface area contributed by atoms with Crippen LogP contribution in [0.1, 0.15) is 12.5 Å². The number of fused-ring (bicyclic) bond motifs is 1. The van der Waals surface area contributed by atoms with Crippen LogP contribution in [0, 0.1) is 0 Å². The Kier molecular flexibility index (Phi) is 7.38. The fourth-order valence-corrected chi connectivity index (χ4v) is 3.88. The van der Waals surface area contributed by atoms with Crippen molar-refractivity contribution in [2.75, 3.05) is 50.2 Å². The van der Waals surface area contributed by atoms with Crippen molar-refractivity contribution in [3.8, 4) is 11.1 Å². The monoisotopic (exact) mass is 464 g/mol. The fourth-order valence-electron chi connectivity index (χ4n) is 3.88. The number of ether oxygens (including phenoxy) is 2. The van der Waals surface area contributed by atoms with Crippen molar-refractivity contribution in [1.29, 1.82) is 0 Å². The first kappa shape index (κ1) is 23.2. The Morgan fingerprint density at radius 3 is 2.68 bits per heavy atom. The smallest absolute Gasteiger partial charge is 0.407 e. The van der Waals surface area contributed by atoms with Crippen molar-refractivity contribution in [1.82, 2.24) is 20.6 Å². The molecule has 34 heavy (non-hydrogen) atoms. The van der Waals surface area contributed by atoms with Gasteiger partial charge < -0.3 is 25.0 Å². The Balaban J connectivity index is 1.75. The lowest BCUT2D eigenvalue weighted by atomic mass is 9.96. The number of nitrogens with one attached hydrogen (secondary N) is 3. The molecule has 1 aliphatic heterocycles. The van der Waals surface area contributed by atoms with E-state index in [1.54, 1.807) is 12.4 Å². The third-order valence-electron chi connectivity index (χ3n) is 5.57. The first-order chi connectivity index (χ1) is 16.6. The molecule has 3 amide bonds. The second kappa shape index (κ2) is 10.8. The lowest BCUT2D eigenvalue weighted by Crippen LogP contribution is -2.36. The van der Waals surface area contributed by atoms with Crippen LogP contribution >= 0.6 is 0 Å². The number of urea groups is 1. The number of amides is 3. The lowest BCUT2D eigenvalue weighted by molar-refractivity contribution is 0.122. The summed E-state index contributed by atoms with van der Waals surface area (Å²) >= 11 is 0. The van der Waals surface area contributed by atoms with Crippen molar-refractivity contribution in [2.24, 2.45) is 0 Å². The van der Waals surface area contributed by atoms with Crippen LogP contribution in [-0.2, 0) is 16.0 Å². The number of hydrogen-bond donors (Lipinski definition) is 3.